The summed E-state index contributed by atoms with van der Waals surface area (Å²) < 4.78 is 5.26. The highest BCUT2D eigenvalue weighted by atomic mass is 16.5. The van der Waals surface area contributed by atoms with Gasteiger partial charge in [-0.3, -0.25) is 0 Å². The van der Waals surface area contributed by atoms with E-state index in [1.807, 2.05) is 13.0 Å². The number of rotatable bonds is 2. The first-order valence-electron chi connectivity index (χ1n) is 4.47. The molecule has 0 saturated carbocycles. The summed E-state index contributed by atoms with van der Waals surface area (Å²) in [5, 5.41) is 0. The Balaban J connectivity index is 3.25. The number of hydrogen-bond donors (Lipinski definition) is 1. The predicted octanol–water partition coefficient (Wildman–Crippen LogP) is 2.33. The minimum Gasteiger partial charge on any atom is -0.496 e. The molecule has 0 radical (unpaired) electrons. The zero-order chi connectivity index (χ0) is 10.0. The SMILES string of the molecule is COc1cc(C)c(C)cc1[C@@H](C)N. The largest absolute Gasteiger partial charge is 0.496 e. The molecule has 0 aliphatic heterocycles. The van der Waals surface area contributed by atoms with E-state index in [9.17, 15) is 0 Å². The summed E-state index contributed by atoms with van der Waals surface area (Å²) in [5.74, 6) is 0.887. The van der Waals surface area contributed by atoms with Gasteiger partial charge in [0.05, 0.1) is 7.11 Å². The van der Waals surface area contributed by atoms with Gasteiger partial charge >= 0.3 is 0 Å². The molecule has 0 spiro atoms. The Hall–Kier alpha value is -1.02. The van der Waals surface area contributed by atoms with Crippen molar-refractivity contribution in [2.45, 2.75) is 26.8 Å². The fourth-order valence-electron chi connectivity index (χ4n) is 1.34. The lowest BCUT2D eigenvalue weighted by molar-refractivity contribution is 0.406. The quantitative estimate of drug-likeness (QED) is 0.756. The summed E-state index contributed by atoms with van der Waals surface area (Å²) in [5.41, 5.74) is 9.40. The second-order valence-electron chi connectivity index (χ2n) is 3.47. The molecular formula is C11H17NO. The van der Waals surface area contributed by atoms with Crippen LogP contribution in [0, 0.1) is 13.8 Å². The molecule has 1 atom stereocenters. The van der Waals surface area contributed by atoms with E-state index >= 15 is 0 Å². The number of aryl methyl sites for hydroxylation is 2. The summed E-state index contributed by atoms with van der Waals surface area (Å²) in [6.45, 7) is 6.12. The lowest BCUT2D eigenvalue weighted by atomic mass is 10.0. The van der Waals surface area contributed by atoms with E-state index in [0.29, 0.717) is 0 Å². The highest BCUT2D eigenvalue weighted by Gasteiger charge is 2.08. The van der Waals surface area contributed by atoms with E-state index in [-0.39, 0.29) is 6.04 Å². The smallest absolute Gasteiger partial charge is 0.123 e. The third kappa shape index (κ3) is 2.01. The zero-order valence-corrected chi connectivity index (χ0v) is 8.72. The van der Waals surface area contributed by atoms with Gasteiger partial charge in [0.25, 0.3) is 0 Å². The molecule has 0 unspecified atom stereocenters. The highest BCUT2D eigenvalue weighted by Crippen LogP contribution is 2.26. The van der Waals surface area contributed by atoms with Gasteiger partial charge in [-0.1, -0.05) is 6.07 Å². The van der Waals surface area contributed by atoms with Crippen LogP contribution in [0.5, 0.6) is 5.75 Å². The molecule has 0 aliphatic carbocycles. The van der Waals surface area contributed by atoms with Crippen molar-refractivity contribution in [3.63, 3.8) is 0 Å². The Morgan fingerprint density at radius 1 is 1.23 bits per heavy atom. The zero-order valence-electron chi connectivity index (χ0n) is 8.72. The van der Waals surface area contributed by atoms with Crippen LogP contribution in [0.1, 0.15) is 29.7 Å². The summed E-state index contributed by atoms with van der Waals surface area (Å²) >= 11 is 0. The maximum absolute atomic E-state index is 5.83. The maximum Gasteiger partial charge on any atom is 0.123 e. The van der Waals surface area contributed by atoms with Crippen LogP contribution in [0.25, 0.3) is 0 Å². The van der Waals surface area contributed by atoms with Crippen LogP contribution in [0.3, 0.4) is 0 Å². The third-order valence-corrected chi connectivity index (χ3v) is 2.34. The molecule has 2 nitrogen and oxygen atoms in total. The molecule has 1 rings (SSSR count). The van der Waals surface area contributed by atoms with Gasteiger partial charge in [0.2, 0.25) is 0 Å². The number of nitrogens with two attached hydrogens (primary N) is 1. The molecule has 0 amide bonds. The fourth-order valence-corrected chi connectivity index (χ4v) is 1.34. The second kappa shape index (κ2) is 3.79. The maximum atomic E-state index is 5.83. The van der Waals surface area contributed by atoms with Crippen LogP contribution >= 0.6 is 0 Å². The van der Waals surface area contributed by atoms with E-state index in [1.54, 1.807) is 7.11 Å². The normalized spacial score (nSPS) is 12.7. The van der Waals surface area contributed by atoms with Crippen molar-refractivity contribution in [3.05, 3.63) is 28.8 Å². The number of benzene rings is 1. The molecule has 0 saturated heterocycles. The van der Waals surface area contributed by atoms with Crippen LogP contribution in [0.4, 0.5) is 0 Å². The van der Waals surface area contributed by atoms with Crippen LogP contribution in [0.15, 0.2) is 12.1 Å². The van der Waals surface area contributed by atoms with Crippen molar-refractivity contribution in [3.8, 4) is 5.75 Å². The molecule has 2 heteroatoms. The van der Waals surface area contributed by atoms with Gasteiger partial charge in [0, 0.05) is 11.6 Å². The highest BCUT2D eigenvalue weighted by molar-refractivity contribution is 5.43. The molecule has 0 aliphatic rings. The average molecular weight is 179 g/mol. The van der Waals surface area contributed by atoms with E-state index < -0.39 is 0 Å². The van der Waals surface area contributed by atoms with Gasteiger partial charge in [-0.05, 0) is 38.0 Å². The topological polar surface area (TPSA) is 35.2 Å². The first kappa shape index (κ1) is 10.1. The summed E-state index contributed by atoms with van der Waals surface area (Å²) in [4.78, 5) is 0. The average Bonchev–Trinajstić information content (AvgIpc) is 2.08. The Morgan fingerprint density at radius 3 is 2.23 bits per heavy atom. The summed E-state index contributed by atoms with van der Waals surface area (Å²) in [6, 6.07) is 4.15. The van der Waals surface area contributed by atoms with E-state index in [1.165, 1.54) is 11.1 Å². The van der Waals surface area contributed by atoms with E-state index in [0.717, 1.165) is 11.3 Å². The second-order valence-corrected chi connectivity index (χ2v) is 3.47. The van der Waals surface area contributed by atoms with Crippen LogP contribution in [-0.2, 0) is 0 Å². The fraction of sp³-hybridized carbons (Fsp3) is 0.455. The molecule has 0 fully saturated rings. The molecule has 2 N–H and O–H groups in total. The van der Waals surface area contributed by atoms with E-state index in [4.69, 9.17) is 10.5 Å². The van der Waals surface area contributed by atoms with Crippen molar-refractivity contribution >= 4 is 0 Å². The molecule has 1 aromatic rings. The van der Waals surface area contributed by atoms with Gasteiger partial charge in [0.1, 0.15) is 5.75 Å². The molecule has 0 aromatic heterocycles. The number of ether oxygens (including phenoxy) is 1. The standard InChI is InChI=1S/C11H17NO/c1-7-5-10(9(3)12)11(13-4)6-8(7)2/h5-6,9H,12H2,1-4H3/t9-/m1/s1. The minimum atomic E-state index is 0.0225. The van der Waals surface area contributed by atoms with Gasteiger partial charge in [-0.2, -0.15) is 0 Å². The summed E-state index contributed by atoms with van der Waals surface area (Å²) in [6.07, 6.45) is 0. The Bertz CT molecular complexity index is 305. The molecule has 0 heterocycles. The van der Waals surface area contributed by atoms with Crippen LogP contribution < -0.4 is 10.5 Å². The molecule has 72 valence electrons. The van der Waals surface area contributed by atoms with Crippen LogP contribution in [0.2, 0.25) is 0 Å². The van der Waals surface area contributed by atoms with Gasteiger partial charge in [-0.15, -0.1) is 0 Å². The first-order chi connectivity index (χ1) is 6.06. The first-order valence-corrected chi connectivity index (χ1v) is 4.47. The number of hydrogen-bond acceptors (Lipinski definition) is 2. The lowest BCUT2D eigenvalue weighted by Crippen LogP contribution is -2.07. The van der Waals surface area contributed by atoms with Gasteiger partial charge in [0.15, 0.2) is 0 Å². The third-order valence-electron chi connectivity index (χ3n) is 2.34. The predicted molar refractivity (Wildman–Crippen MR) is 55.1 cm³/mol. The molecule has 1 aromatic carbocycles. The lowest BCUT2D eigenvalue weighted by Gasteiger charge is -2.14. The Morgan fingerprint density at radius 2 is 1.77 bits per heavy atom. The van der Waals surface area contributed by atoms with Crippen molar-refractivity contribution in [1.82, 2.24) is 0 Å². The van der Waals surface area contributed by atoms with E-state index in [2.05, 4.69) is 19.9 Å². The van der Waals surface area contributed by atoms with Crippen molar-refractivity contribution in [1.29, 1.82) is 0 Å². The van der Waals surface area contributed by atoms with Crippen molar-refractivity contribution < 1.29 is 4.74 Å². The van der Waals surface area contributed by atoms with Crippen LogP contribution in [-0.4, -0.2) is 7.11 Å². The molecule has 0 bridgehead atoms. The van der Waals surface area contributed by atoms with Gasteiger partial charge in [-0.25, -0.2) is 0 Å². The van der Waals surface area contributed by atoms with Crippen molar-refractivity contribution in [2.24, 2.45) is 5.73 Å². The summed E-state index contributed by atoms with van der Waals surface area (Å²) in [7, 11) is 1.68. The Labute approximate surface area is 79.7 Å². The van der Waals surface area contributed by atoms with Crippen molar-refractivity contribution in [2.75, 3.05) is 7.11 Å². The number of methoxy groups -OCH3 is 1. The monoisotopic (exact) mass is 179 g/mol. The minimum absolute atomic E-state index is 0.0225. The molecular weight excluding hydrogens is 162 g/mol. The van der Waals surface area contributed by atoms with Gasteiger partial charge < -0.3 is 10.5 Å². The Kier molecular flexibility index (Phi) is 2.94. The molecule has 13 heavy (non-hydrogen) atoms.